The smallest absolute Gasteiger partial charge is 0.339 e. The lowest BCUT2D eigenvalue weighted by molar-refractivity contribution is 0.0599. The van der Waals surface area contributed by atoms with E-state index < -0.39 is 0 Å². The first-order valence-corrected chi connectivity index (χ1v) is 5.48. The molecule has 2 aromatic heterocycles. The predicted octanol–water partition coefficient (Wildman–Crippen LogP) is 1.51. The molecule has 0 bridgehead atoms. The van der Waals surface area contributed by atoms with Gasteiger partial charge in [0.2, 0.25) is 0 Å². The summed E-state index contributed by atoms with van der Waals surface area (Å²) in [5.74, 6) is 0.336. The van der Waals surface area contributed by atoms with Crippen LogP contribution >= 0.6 is 0 Å². The number of hydrogen-bond acceptors (Lipinski definition) is 5. The van der Waals surface area contributed by atoms with Gasteiger partial charge in [-0.3, -0.25) is 5.10 Å². The summed E-state index contributed by atoms with van der Waals surface area (Å²) in [6.07, 6.45) is 3.55. The zero-order chi connectivity index (χ0) is 13.0. The molecule has 0 aliphatic heterocycles. The number of methoxy groups -OCH3 is 1. The van der Waals surface area contributed by atoms with E-state index in [0.29, 0.717) is 23.6 Å². The van der Waals surface area contributed by atoms with Gasteiger partial charge in [-0.1, -0.05) is 0 Å². The van der Waals surface area contributed by atoms with Crippen molar-refractivity contribution in [2.45, 2.75) is 13.5 Å². The van der Waals surface area contributed by atoms with Gasteiger partial charge >= 0.3 is 5.97 Å². The number of esters is 1. The Morgan fingerprint density at radius 1 is 1.50 bits per heavy atom. The Kier molecular flexibility index (Phi) is 3.57. The summed E-state index contributed by atoms with van der Waals surface area (Å²) in [4.78, 5) is 15.7. The van der Waals surface area contributed by atoms with Crippen molar-refractivity contribution in [3.63, 3.8) is 0 Å². The van der Waals surface area contributed by atoms with Crippen molar-refractivity contribution in [2.75, 3.05) is 12.4 Å². The Labute approximate surface area is 104 Å². The van der Waals surface area contributed by atoms with E-state index >= 15 is 0 Å². The van der Waals surface area contributed by atoms with E-state index in [1.165, 1.54) is 7.11 Å². The fraction of sp³-hybridized carbons (Fsp3) is 0.250. The highest BCUT2D eigenvalue weighted by molar-refractivity contribution is 5.90. The highest BCUT2D eigenvalue weighted by atomic mass is 16.5. The molecule has 0 atom stereocenters. The van der Waals surface area contributed by atoms with Crippen molar-refractivity contribution < 1.29 is 9.53 Å². The van der Waals surface area contributed by atoms with E-state index in [1.54, 1.807) is 25.3 Å². The van der Waals surface area contributed by atoms with E-state index in [1.807, 2.05) is 6.20 Å². The molecule has 0 spiro atoms. The first-order valence-electron chi connectivity index (χ1n) is 5.48. The lowest BCUT2D eigenvalue weighted by atomic mass is 10.2. The van der Waals surface area contributed by atoms with Gasteiger partial charge in [-0.2, -0.15) is 5.10 Å². The Balaban J connectivity index is 2.07. The fourth-order valence-corrected chi connectivity index (χ4v) is 1.55. The van der Waals surface area contributed by atoms with Crippen molar-refractivity contribution >= 4 is 11.8 Å². The maximum Gasteiger partial charge on any atom is 0.339 e. The number of nitrogens with zero attached hydrogens (tertiary/aromatic N) is 2. The molecule has 2 aromatic rings. The van der Waals surface area contributed by atoms with E-state index in [9.17, 15) is 4.79 Å². The van der Waals surface area contributed by atoms with Crippen LogP contribution in [-0.4, -0.2) is 28.3 Å². The van der Waals surface area contributed by atoms with Crippen LogP contribution in [0, 0.1) is 6.92 Å². The van der Waals surface area contributed by atoms with E-state index in [2.05, 4.69) is 25.2 Å². The summed E-state index contributed by atoms with van der Waals surface area (Å²) in [6, 6.07) is 3.45. The lowest BCUT2D eigenvalue weighted by Crippen LogP contribution is -2.07. The quantitative estimate of drug-likeness (QED) is 0.799. The minimum Gasteiger partial charge on any atom is -0.465 e. The van der Waals surface area contributed by atoms with Crippen LogP contribution in [0.25, 0.3) is 0 Å². The fourth-order valence-electron chi connectivity index (χ4n) is 1.55. The largest absolute Gasteiger partial charge is 0.465 e. The third-order valence-electron chi connectivity index (χ3n) is 2.52. The molecule has 0 aromatic carbocycles. The summed E-state index contributed by atoms with van der Waals surface area (Å²) in [7, 11) is 1.35. The number of nitrogens with one attached hydrogen (secondary N) is 2. The van der Waals surface area contributed by atoms with Gasteiger partial charge in [0.25, 0.3) is 0 Å². The van der Waals surface area contributed by atoms with Gasteiger partial charge in [0.15, 0.2) is 0 Å². The minimum atomic E-state index is -0.374. The average Bonchev–Trinajstić information content (AvgIpc) is 2.88. The molecule has 2 N–H and O–H groups in total. The van der Waals surface area contributed by atoms with Gasteiger partial charge in [0, 0.05) is 18.3 Å². The molecule has 2 rings (SSSR count). The highest BCUT2D eigenvalue weighted by Crippen LogP contribution is 2.12. The normalized spacial score (nSPS) is 10.1. The number of H-pyrrole nitrogens is 1. The van der Waals surface area contributed by atoms with Crippen molar-refractivity contribution in [1.82, 2.24) is 15.2 Å². The molecule has 0 saturated heterocycles. The summed E-state index contributed by atoms with van der Waals surface area (Å²) in [5, 5.41) is 9.74. The number of carbonyl (C=O) groups excluding carboxylic acids is 1. The molecule has 6 nitrogen and oxygen atoms in total. The molecule has 0 unspecified atom stereocenters. The van der Waals surface area contributed by atoms with E-state index in [-0.39, 0.29) is 5.97 Å². The molecule has 0 aliphatic rings. The summed E-state index contributed by atoms with van der Waals surface area (Å²) >= 11 is 0. The highest BCUT2D eigenvalue weighted by Gasteiger charge is 2.10. The molecule has 0 saturated carbocycles. The van der Waals surface area contributed by atoms with E-state index in [4.69, 9.17) is 0 Å². The van der Waals surface area contributed by atoms with Crippen LogP contribution in [0.2, 0.25) is 0 Å². The zero-order valence-electron chi connectivity index (χ0n) is 10.2. The first-order chi connectivity index (χ1) is 8.70. The third-order valence-corrected chi connectivity index (χ3v) is 2.52. The SMILES string of the molecule is COC(=O)c1ccc(NCc2cn[nH]c2)nc1C. The van der Waals surface area contributed by atoms with Crippen molar-refractivity contribution in [1.29, 1.82) is 0 Å². The topological polar surface area (TPSA) is 79.9 Å². The molecule has 0 amide bonds. The second kappa shape index (κ2) is 5.31. The van der Waals surface area contributed by atoms with E-state index in [0.717, 1.165) is 5.56 Å². The number of aromatic nitrogens is 3. The van der Waals surface area contributed by atoms with Gasteiger partial charge in [-0.15, -0.1) is 0 Å². The monoisotopic (exact) mass is 246 g/mol. The number of pyridine rings is 1. The van der Waals surface area contributed by atoms with Crippen LogP contribution in [0.5, 0.6) is 0 Å². The lowest BCUT2D eigenvalue weighted by Gasteiger charge is -2.07. The van der Waals surface area contributed by atoms with Crippen LogP contribution in [0.15, 0.2) is 24.5 Å². The van der Waals surface area contributed by atoms with Gasteiger partial charge < -0.3 is 10.1 Å². The molecule has 6 heteroatoms. The number of anilines is 1. The summed E-state index contributed by atoms with van der Waals surface area (Å²) in [5.41, 5.74) is 2.15. The molecular weight excluding hydrogens is 232 g/mol. The maximum atomic E-state index is 11.4. The van der Waals surface area contributed by atoms with Crippen molar-refractivity contribution in [3.8, 4) is 0 Å². The molecule has 2 heterocycles. The Bertz CT molecular complexity index is 537. The predicted molar refractivity (Wildman–Crippen MR) is 66.2 cm³/mol. The minimum absolute atomic E-state index is 0.374. The van der Waals surface area contributed by atoms with Crippen molar-refractivity contribution in [3.05, 3.63) is 41.3 Å². The van der Waals surface area contributed by atoms with Crippen LogP contribution < -0.4 is 5.32 Å². The van der Waals surface area contributed by atoms with Gasteiger partial charge in [-0.05, 0) is 19.1 Å². The van der Waals surface area contributed by atoms with Gasteiger partial charge in [0.05, 0.1) is 24.6 Å². The Morgan fingerprint density at radius 2 is 2.33 bits per heavy atom. The number of carbonyl (C=O) groups is 1. The van der Waals surface area contributed by atoms with Gasteiger partial charge in [0.1, 0.15) is 5.82 Å². The second-order valence-corrected chi connectivity index (χ2v) is 3.78. The van der Waals surface area contributed by atoms with Crippen LogP contribution in [0.4, 0.5) is 5.82 Å². The van der Waals surface area contributed by atoms with Crippen LogP contribution in [-0.2, 0) is 11.3 Å². The number of rotatable bonds is 4. The molecule has 0 radical (unpaired) electrons. The van der Waals surface area contributed by atoms with Crippen LogP contribution in [0.1, 0.15) is 21.6 Å². The molecule has 94 valence electrons. The average molecular weight is 246 g/mol. The molecule has 0 aliphatic carbocycles. The molecule has 0 fully saturated rings. The van der Waals surface area contributed by atoms with Crippen LogP contribution in [0.3, 0.4) is 0 Å². The van der Waals surface area contributed by atoms with Crippen molar-refractivity contribution in [2.24, 2.45) is 0 Å². The Morgan fingerprint density at radius 3 is 2.94 bits per heavy atom. The summed E-state index contributed by atoms with van der Waals surface area (Å²) in [6.45, 7) is 2.40. The Hall–Kier alpha value is -2.37. The maximum absolute atomic E-state index is 11.4. The summed E-state index contributed by atoms with van der Waals surface area (Å²) < 4.78 is 4.66. The zero-order valence-corrected chi connectivity index (χ0v) is 10.2. The third kappa shape index (κ3) is 2.65. The number of aryl methyl sites for hydroxylation is 1. The molecule has 18 heavy (non-hydrogen) atoms. The number of hydrogen-bond donors (Lipinski definition) is 2. The van der Waals surface area contributed by atoms with Gasteiger partial charge in [-0.25, -0.2) is 9.78 Å². The standard InChI is InChI=1S/C12H14N4O2/c1-8-10(12(17)18-2)3-4-11(16-8)13-5-9-6-14-15-7-9/h3-4,6-7H,5H2,1-2H3,(H,13,16)(H,14,15). The number of aromatic amines is 1. The second-order valence-electron chi connectivity index (χ2n) is 3.78. The molecular formula is C12H14N4O2. The first kappa shape index (κ1) is 12.1. The number of ether oxygens (including phenoxy) is 1.